The maximum absolute atomic E-state index is 12.1. The van der Waals surface area contributed by atoms with Crippen molar-refractivity contribution in [2.24, 2.45) is 0 Å². The molecule has 0 saturated carbocycles. The number of piperazine rings is 1. The summed E-state index contributed by atoms with van der Waals surface area (Å²) in [6, 6.07) is 3.63. The van der Waals surface area contributed by atoms with E-state index in [0.717, 1.165) is 0 Å². The summed E-state index contributed by atoms with van der Waals surface area (Å²) in [4.78, 5) is 39.9. The molecular formula is C15H21N3O3S. The van der Waals surface area contributed by atoms with Crippen LogP contribution in [0.5, 0.6) is 0 Å². The van der Waals surface area contributed by atoms with Gasteiger partial charge < -0.3 is 10.2 Å². The van der Waals surface area contributed by atoms with E-state index in [0.29, 0.717) is 37.6 Å². The summed E-state index contributed by atoms with van der Waals surface area (Å²) >= 11 is 1.41. The Bertz CT molecular complexity index is 522. The van der Waals surface area contributed by atoms with Crippen LogP contribution >= 0.6 is 11.3 Å². The fourth-order valence-electron chi connectivity index (χ4n) is 2.38. The number of ketones is 1. The zero-order valence-electron chi connectivity index (χ0n) is 12.7. The molecule has 1 fully saturated rings. The van der Waals surface area contributed by atoms with E-state index < -0.39 is 0 Å². The highest BCUT2D eigenvalue weighted by Crippen LogP contribution is 2.13. The Labute approximate surface area is 134 Å². The first-order chi connectivity index (χ1) is 10.6. The number of carbonyl (C=O) groups is 3. The number of thiophene rings is 1. The first-order valence-electron chi connectivity index (χ1n) is 7.37. The van der Waals surface area contributed by atoms with Crippen molar-refractivity contribution in [3.05, 3.63) is 22.4 Å². The lowest BCUT2D eigenvalue weighted by molar-refractivity contribution is -0.133. The molecule has 120 valence electrons. The quantitative estimate of drug-likeness (QED) is 0.779. The minimum Gasteiger partial charge on any atom is -0.358 e. The summed E-state index contributed by atoms with van der Waals surface area (Å²) in [5, 5.41) is 4.46. The number of likely N-dealkylation sites (N-methyl/N-ethyl adjacent to an activating group) is 1. The molecule has 0 unspecified atom stereocenters. The van der Waals surface area contributed by atoms with Gasteiger partial charge >= 0.3 is 0 Å². The lowest BCUT2D eigenvalue weighted by Crippen LogP contribution is -2.50. The van der Waals surface area contributed by atoms with E-state index in [9.17, 15) is 14.4 Å². The molecule has 22 heavy (non-hydrogen) atoms. The third-order valence-electron chi connectivity index (χ3n) is 3.73. The van der Waals surface area contributed by atoms with Gasteiger partial charge in [0, 0.05) is 46.1 Å². The molecule has 2 heterocycles. The Balaban J connectivity index is 1.71. The molecule has 0 spiro atoms. The van der Waals surface area contributed by atoms with Crippen molar-refractivity contribution >= 4 is 28.9 Å². The smallest absolute Gasteiger partial charge is 0.233 e. The van der Waals surface area contributed by atoms with Gasteiger partial charge in [0.15, 0.2) is 5.78 Å². The fourth-order valence-corrected chi connectivity index (χ4v) is 3.07. The van der Waals surface area contributed by atoms with Gasteiger partial charge in [-0.1, -0.05) is 6.07 Å². The van der Waals surface area contributed by atoms with Gasteiger partial charge in [0.05, 0.1) is 11.4 Å². The SMILES string of the molecule is CNC(=O)CN1CCN(C(=O)CCC(=O)c2cccs2)CC1. The number of amides is 2. The van der Waals surface area contributed by atoms with Gasteiger partial charge in [0.1, 0.15) is 0 Å². The van der Waals surface area contributed by atoms with Crippen LogP contribution < -0.4 is 5.32 Å². The van der Waals surface area contributed by atoms with Gasteiger partial charge in [-0.3, -0.25) is 19.3 Å². The van der Waals surface area contributed by atoms with E-state index in [1.165, 1.54) is 11.3 Å². The molecule has 0 bridgehead atoms. The summed E-state index contributed by atoms with van der Waals surface area (Å²) < 4.78 is 0. The van der Waals surface area contributed by atoms with Crippen LogP contribution in [-0.4, -0.2) is 67.2 Å². The van der Waals surface area contributed by atoms with Gasteiger partial charge in [-0.25, -0.2) is 0 Å². The molecule has 1 aliphatic heterocycles. The monoisotopic (exact) mass is 323 g/mol. The summed E-state index contributed by atoms with van der Waals surface area (Å²) in [5.74, 6) is 0.0347. The van der Waals surface area contributed by atoms with Crippen LogP contribution in [0.2, 0.25) is 0 Å². The molecular weight excluding hydrogens is 302 g/mol. The zero-order valence-corrected chi connectivity index (χ0v) is 13.5. The van der Waals surface area contributed by atoms with Crippen LogP contribution in [0.3, 0.4) is 0 Å². The van der Waals surface area contributed by atoms with Gasteiger partial charge in [-0.05, 0) is 11.4 Å². The summed E-state index contributed by atoms with van der Waals surface area (Å²) in [7, 11) is 1.62. The second-order valence-electron chi connectivity index (χ2n) is 5.23. The van der Waals surface area contributed by atoms with Crippen LogP contribution in [-0.2, 0) is 9.59 Å². The lowest BCUT2D eigenvalue weighted by Gasteiger charge is -2.34. The van der Waals surface area contributed by atoms with Crippen molar-refractivity contribution in [1.29, 1.82) is 0 Å². The molecule has 1 aromatic heterocycles. The Kier molecular flexibility index (Phi) is 6.09. The topological polar surface area (TPSA) is 69.7 Å². The second-order valence-corrected chi connectivity index (χ2v) is 6.18. The van der Waals surface area contributed by atoms with Crippen LogP contribution in [0.1, 0.15) is 22.5 Å². The van der Waals surface area contributed by atoms with Crippen molar-refractivity contribution in [3.8, 4) is 0 Å². The van der Waals surface area contributed by atoms with E-state index in [1.54, 1.807) is 18.0 Å². The molecule has 0 aliphatic carbocycles. The largest absolute Gasteiger partial charge is 0.358 e. The number of rotatable bonds is 6. The normalized spacial score (nSPS) is 15.6. The molecule has 2 amide bonds. The predicted octanol–water partition coefficient (Wildman–Crippen LogP) is 0.601. The molecule has 1 saturated heterocycles. The van der Waals surface area contributed by atoms with Crippen molar-refractivity contribution in [2.45, 2.75) is 12.8 Å². The predicted molar refractivity (Wildman–Crippen MR) is 85.0 cm³/mol. The molecule has 6 nitrogen and oxygen atoms in total. The Morgan fingerprint density at radius 1 is 1.18 bits per heavy atom. The van der Waals surface area contributed by atoms with Gasteiger partial charge in [-0.15, -0.1) is 11.3 Å². The molecule has 1 N–H and O–H groups in total. The first-order valence-corrected chi connectivity index (χ1v) is 8.25. The van der Waals surface area contributed by atoms with Crippen LogP contribution in [0.25, 0.3) is 0 Å². The van der Waals surface area contributed by atoms with E-state index in [2.05, 4.69) is 5.32 Å². The average Bonchev–Trinajstić information content (AvgIpc) is 3.07. The first kappa shape index (κ1) is 16.6. The lowest BCUT2D eigenvalue weighted by atomic mass is 10.1. The minimum absolute atomic E-state index is 0.0127. The molecule has 1 aliphatic rings. The van der Waals surface area contributed by atoms with Gasteiger partial charge in [0.25, 0.3) is 0 Å². The van der Waals surface area contributed by atoms with Crippen molar-refractivity contribution < 1.29 is 14.4 Å². The molecule has 2 rings (SSSR count). The van der Waals surface area contributed by atoms with Crippen molar-refractivity contribution in [3.63, 3.8) is 0 Å². The summed E-state index contributed by atoms with van der Waals surface area (Å²) in [6.07, 6.45) is 0.518. The van der Waals surface area contributed by atoms with Crippen molar-refractivity contribution in [1.82, 2.24) is 15.1 Å². The van der Waals surface area contributed by atoms with E-state index in [-0.39, 0.29) is 30.4 Å². The second kappa shape index (κ2) is 8.05. The standard InChI is InChI=1S/C15H21N3O3S/c1-16-14(20)11-17-6-8-18(9-7-17)15(21)5-4-12(19)13-3-2-10-22-13/h2-3,10H,4-9,11H2,1H3,(H,16,20). The number of carbonyl (C=O) groups excluding carboxylic acids is 3. The third-order valence-corrected chi connectivity index (χ3v) is 4.64. The maximum Gasteiger partial charge on any atom is 0.233 e. The van der Waals surface area contributed by atoms with Crippen LogP contribution in [0, 0.1) is 0 Å². The fraction of sp³-hybridized carbons (Fsp3) is 0.533. The molecule has 0 radical (unpaired) electrons. The number of nitrogens with zero attached hydrogens (tertiary/aromatic N) is 2. The number of hydrogen-bond acceptors (Lipinski definition) is 5. The van der Waals surface area contributed by atoms with Gasteiger partial charge in [-0.2, -0.15) is 0 Å². The Hall–Kier alpha value is -1.73. The number of hydrogen-bond donors (Lipinski definition) is 1. The highest BCUT2D eigenvalue weighted by atomic mass is 32.1. The molecule has 0 aromatic carbocycles. The average molecular weight is 323 g/mol. The number of Topliss-reactive ketones (excluding diaryl/α,β-unsaturated/α-hetero) is 1. The Morgan fingerprint density at radius 2 is 1.91 bits per heavy atom. The van der Waals surface area contributed by atoms with E-state index in [1.807, 2.05) is 16.3 Å². The van der Waals surface area contributed by atoms with E-state index in [4.69, 9.17) is 0 Å². The molecule has 7 heteroatoms. The van der Waals surface area contributed by atoms with E-state index >= 15 is 0 Å². The maximum atomic E-state index is 12.1. The third kappa shape index (κ3) is 4.64. The Morgan fingerprint density at radius 3 is 2.50 bits per heavy atom. The molecule has 1 aromatic rings. The van der Waals surface area contributed by atoms with Crippen LogP contribution in [0.15, 0.2) is 17.5 Å². The van der Waals surface area contributed by atoms with Crippen LogP contribution in [0.4, 0.5) is 0 Å². The molecule has 0 atom stereocenters. The van der Waals surface area contributed by atoms with Gasteiger partial charge in [0.2, 0.25) is 11.8 Å². The highest BCUT2D eigenvalue weighted by molar-refractivity contribution is 7.12. The van der Waals surface area contributed by atoms with Crippen molar-refractivity contribution in [2.75, 3.05) is 39.8 Å². The summed E-state index contributed by atoms with van der Waals surface area (Å²) in [5.41, 5.74) is 0. The zero-order chi connectivity index (χ0) is 15.9. The minimum atomic E-state index is -0.0127. The highest BCUT2D eigenvalue weighted by Gasteiger charge is 2.22. The summed E-state index contributed by atoms with van der Waals surface area (Å²) in [6.45, 7) is 2.98. The number of nitrogens with one attached hydrogen (secondary N) is 1.